The minimum Gasteiger partial charge on any atom is -0.481 e. The van der Waals surface area contributed by atoms with Crippen molar-refractivity contribution in [2.75, 3.05) is 5.75 Å². The van der Waals surface area contributed by atoms with Crippen molar-refractivity contribution in [3.05, 3.63) is 35.1 Å². The molecule has 0 amide bonds. The van der Waals surface area contributed by atoms with Crippen LogP contribution in [0.4, 0.5) is 4.39 Å². The molecule has 0 bridgehead atoms. The molecule has 2 rings (SSSR count). The van der Waals surface area contributed by atoms with Crippen LogP contribution in [0.2, 0.25) is 0 Å². The van der Waals surface area contributed by atoms with Gasteiger partial charge in [0.25, 0.3) is 0 Å². The molecular formula is C14H14FNO3S. The van der Waals surface area contributed by atoms with Gasteiger partial charge in [0.05, 0.1) is 23.8 Å². The summed E-state index contributed by atoms with van der Waals surface area (Å²) in [5.74, 6) is -1.08. The smallest absolute Gasteiger partial charge is 0.303 e. The van der Waals surface area contributed by atoms with Gasteiger partial charge in [-0.2, -0.15) is 5.26 Å². The average molecular weight is 295 g/mol. The summed E-state index contributed by atoms with van der Waals surface area (Å²) in [6.45, 7) is 0. The number of halogens is 1. The molecule has 0 heterocycles. The van der Waals surface area contributed by atoms with Crippen molar-refractivity contribution in [1.29, 1.82) is 5.26 Å². The number of hydrogen-bond acceptors (Lipinski definition) is 3. The van der Waals surface area contributed by atoms with Crippen molar-refractivity contribution < 1.29 is 18.5 Å². The highest BCUT2D eigenvalue weighted by Gasteiger charge is 2.45. The van der Waals surface area contributed by atoms with Crippen LogP contribution in [0.25, 0.3) is 0 Å². The Morgan fingerprint density at radius 2 is 2.20 bits per heavy atom. The van der Waals surface area contributed by atoms with Crippen LogP contribution in [-0.2, 0) is 21.3 Å². The molecule has 20 heavy (non-hydrogen) atoms. The van der Waals surface area contributed by atoms with Gasteiger partial charge in [-0.3, -0.25) is 9.00 Å². The molecule has 1 aliphatic carbocycles. The van der Waals surface area contributed by atoms with Gasteiger partial charge in [-0.25, -0.2) is 4.39 Å². The van der Waals surface area contributed by atoms with Gasteiger partial charge in [0.15, 0.2) is 0 Å². The first-order valence-electron chi connectivity index (χ1n) is 6.19. The first kappa shape index (κ1) is 14.7. The molecule has 1 atom stereocenters. The Hall–Kier alpha value is -1.74. The molecular weight excluding hydrogens is 281 g/mol. The largest absolute Gasteiger partial charge is 0.481 e. The van der Waals surface area contributed by atoms with Crippen LogP contribution < -0.4 is 0 Å². The highest BCUT2D eigenvalue weighted by Crippen LogP contribution is 2.49. The molecule has 0 saturated heterocycles. The molecule has 0 radical (unpaired) electrons. The maximum atomic E-state index is 13.7. The van der Waals surface area contributed by atoms with E-state index in [1.54, 1.807) is 0 Å². The van der Waals surface area contributed by atoms with Crippen molar-refractivity contribution in [3.63, 3.8) is 0 Å². The third-order valence-corrected chi connectivity index (χ3v) is 5.02. The number of carboxylic acid groups (broad SMARTS) is 1. The van der Waals surface area contributed by atoms with E-state index in [1.165, 1.54) is 12.1 Å². The van der Waals surface area contributed by atoms with Crippen molar-refractivity contribution in [2.24, 2.45) is 5.41 Å². The standard InChI is InChI=1S/C14H14FNO3S/c15-12-5-10(7-16)1-2-11(12)8-20(19)9-14(3-4-14)6-13(17)18/h1-2,5H,3-4,6,8-9H2,(H,17,18). The normalized spacial score (nSPS) is 17.2. The lowest BCUT2D eigenvalue weighted by Crippen LogP contribution is -2.17. The fraction of sp³-hybridized carbons (Fsp3) is 0.429. The topological polar surface area (TPSA) is 78.2 Å². The lowest BCUT2D eigenvalue weighted by atomic mass is 10.1. The molecule has 0 aromatic heterocycles. The summed E-state index contributed by atoms with van der Waals surface area (Å²) in [6, 6.07) is 5.91. The Labute approximate surface area is 118 Å². The fourth-order valence-electron chi connectivity index (χ4n) is 2.17. The second-order valence-electron chi connectivity index (χ2n) is 5.22. The Morgan fingerprint density at radius 3 is 2.70 bits per heavy atom. The zero-order valence-electron chi connectivity index (χ0n) is 10.8. The minimum absolute atomic E-state index is 0.0224. The number of carboxylic acids is 1. The molecule has 4 nitrogen and oxygen atoms in total. The van der Waals surface area contributed by atoms with Crippen LogP contribution in [0.15, 0.2) is 18.2 Å². The highest BCUT2D eigenvalue weighted by molar-refractivity contribution is 7.84. The first-order chi connectivity index (χ1) is 9.44. The number of nitriles is 1. The van der Waals surface area contributed by atoms with E-state index in [4.69, 9.17) is 10.4 Å². The number of carbonyl (C=O) groups is 1. The van der Waals surface area contributed by atoms with E-state index in [-0.39, 0.29) is 23.2 Å². The average Bonchev–Trinajstić information content (AvgIpc) is 3.09. The van der Waals surface area contributed by atoms with E-state index in [9.17, 15) is 13.4 Å². The lowest BCUT2D eigenvalue weighted by Gasteiger charge is -2.12. The summed E-state index contributed by atoms with van der Waals surface area (Å²) in [5, 5.41) is 17.5. The predicted octanol–water partition coefficient (Wildman–Crippen LogP) is 2.20. The molecule has 1 fully saturated rings. The molecule has 1 saturated carbocycles. The number of hydrogen-bond donors (Lipinski definition) is 1. The summed E-state index contributed by atoms with van der Waals surface area (Å²) in [7, 11) is -1.30. The van der Waals surface area contributed by atoms with Crippen LogP contribution in [-0.4, -0.2) is 21.0 Å². The zero-order valence-corrected chi connectivity index (χ0v) is 11.6. The first-order valence-corrected chi connectivity index (χ1v) is 7.68. The van der Waals surface area contributed by atoms with Crippen LogP contribution in [0, 0.1) is 22.6 Å². The highest BCUT2D eigenvalue weighted by atomic mass is 32.2. The van der Waals surface area contributed by atoms with Gasteiger partial charge >= 0.3 is 5.97 Å². The molecule has 0 spiro atoms. The molecule has 6 heteroatoms. The Kier molecular flexibility index (Phi) is 4.19. The van der Waals surface area contributed by atoms with Crippen molar-refractivity contribution in [2.45, 2.75) is 25.0 Å². The second kappa shape index (κ2) is 5.71. The lowest BCUT2D eigenvalue weighted by molar-refractivity contribution is -0.138. The van der Waals surface area contributed by atoms with E-state index in [1.807, 2.05) is 6.07 Å². The van der Waals surface area contributed by atoms with E-state index in [2.05, 4.69) is 0 Å². The maximum Gasteiger partial charge on any atom is 0.303 e. The number of benzene rings is 1. The van der Waals surface area contributed by atoms with Gasteiger partial charge in [0, 0.05) is 22.1 Å². The molecule has 1 N–H and O–H groups in total. The molecule has 106 valence electrons. The van der Waals surface area contributed by atoms with Crippen LogP contribution in [0.3, 0.4) is 0 Å². The zero-order chi connectivity index (χ0) is 14.8. The summed E-state index contributed by atoms with van der Waals surface area (Å²) in [6.07, 6.45) is 1.55. The van der Waals surface area contributed by atoms with Crippen molar-refractivity contribution >= 4 is 16.8 Å². The fourth-order valence-corrected chi connectivity index (χ4v) is 3.93. The van der Waals surface area contributed by atoms with Gasteiger partial charge in [0.1, 0.15) is 5.82 Å². The van der Waals surface area contributed by atoms with Gasteiger partial charge < -0.3 is 5.11 Å². The quantitative estimate of drug-likeness (QED) is 0.872. The second-order valence-corrected chi connectivity index (χ2v) is 6.67. The molecule has 1 aromatic carbocycles. The third kappa shape index (κ3) is 3.64. The molecule has 1 unspecified atom stereocenters. The maximum absolute atomic E-state index is 13.7. The molecule has 1 aliphatic rings. The van der Waals surface area contributed by atoms with Gasteiger partial charge in [0.2, 0.25) is 0 Å². The monoisotopic (exact) mass is 295 g/mol. The minimum atomic E-state index is -1.30. The summed E-state index contributed by atoms with van der Waals surface area (Å²) >= 11 is 0. The summed E-state index contributed by atoms with van der Waals surface area (Å²) < 4.78 is 25.7. The van der Waals surface area contributed by atoms with E-state index in [0.717, 1.165) is 18.9 Å². The number of aliphatic carboxylic acids is 1. The van der Waals surface area contributed by atoms with Crippen LogP contribution in [0.5, 0.6) is 0 Å². The van der Waals surface area contributed by atoms with E-state index in [0.29, 0.717) is 11.3 Å². The summed E-state index contributed by atoms with van der Waals surface area (Å²) in [5.41, 5.74) is 0.162. The van der Waals surface area contributed by atoms with Crippen LogP contribution in [0.1, 0.15) is 30.4 Å². The molecule has 0 aliphatic heterocycles. The van der Waals surface area contributed by atoms with Crippen molar-refractivity contribution in [3.8, 4) is 6.07 Å². The van der Waals surface area contributed by atoms with Gasteiger partial charge in [-0.1, -0.05) is 6.07 Å². The summed E-state index contributed by atoms with van der Waals surface area (Å²) in [4.78, 5) is 10.7. The van der Waals surface area contributed by atoms with Gasteiger partial charge in [-0.05, 0) is 30.4 Å². The van der Waals surface area contributed by atoms with E-state index < -0.39 is 22.6 Å². The van der Waals surface area contributed by atoms with Crippen LogP contribution >= 0.6 is 0 Å². The Balaban J connectivity index is 1.99. The van der Waals surface area contributed by atoms with E-state index >= 15 is 0 Å². The number of nitrogens with zero attached hydrogens (tertiary/aromatic N) is 1. The van der Waals surface area contributed by atoms with Gasteiger partial charge in [-0.15, -0.1) is 0 Å². The third-order valence-electron chi connectivity index (χ3n) is 3.45. The molecule has 1 aromatic rings. The predicted molar refractivity (Wildman–Crippen MR) is 71.7 cm³/mol. The Bertz CT molecular complexity index is 605. The number of rotatable bonds is 6. The Morgan fingerprint density at radius 1 is 1.50 bits per heavy atom. The SMILES string of the molecule is N#Cc1ccc(CS(=O)CC2(CC(=O)O)CC2)c(F)c1. The van der Waals surface area contributed by atoms with Crippen molar-refractivity contribution in [1.82, 2.24) is 0 Å².